The first-order valence-corrected chi connectivity index (χ1v) is 7.90. The Bertz CT molecular complexity index is 635. The van der Waals surface area contributed by atoms with Gasteiger partial charge in [-0.15, -0.1) is 11.3 Å². The van der Waals surface area contributed by atoms with E-state index in [-0.39, 0.29) is 22.0 Å². The highest BCUT2D eigenvalue weighted by atomic mass is 79.9. The van der Waals surface area contributed by atoms with Gasteiger partial charge in [0, 0.05) is 16.4 Å². The van der Waals surface area contributed by atoms with E-state index in [1.165, 1.54) is 10.9 Å². The molecule has 0 N–H and O–H groups in total. The van der Waals surface area contributed by atoms with Crippen molar-refractivity contribution < 1.29 is 9.18 Å². The van der Waals surface area contributed by atoms with Gasteiger partial charge in [-0.1, -0.05) is 12.1 Å². The fraction of sp³-hybridized carbons (Fsp3) is 0.267. The number of thiophene rings is 1. The van der Waals surface area contributed by atoms with Gasteiger partial charge < -0.3 is 0 Å². The predicted molar refractivity (Wildman–Crippen MR) is 78.4 cm³/mol. The molecule has 1 heterocycles. The standard InChI is InChI=1S/C15H12BrFOS/c16-14-11(4-1-5-12(14)17)15(18)10-3-2-6-13-9(10)7-8-19-13/h1,4-5,7-8,10H,2-3,6H2. The Kier molecular flexibility index (Phi) is 3.54. The number of hydrogen-bond donors (Lipinski definition) is 0. The topological polar surface area (TPSA) is 17.1 Å². The quantitative estimate of drug-likeness (QED) is 0.708. The molecule has 3 rings (SSSR count). The minimum atomic E-state index is -0.382. The number of rotatable bonds is 2. The Balaban J connectivity index is 2.00. The molecule has 0 amide bonds. The summed E-state index contributed by atoms with van der Waals surface area (Å²) in [6, 6.07) is 6.67. The number of ketones is 1. The van der Waals surface area contributed by atoms with Crippen molar-refractivity contribution in [3.63, 3.8) is 0 Å². The molecule has 0 spiro atoms. The predicted octanol–water partition coefficient (Wildman–Crippen LogP) is 4.95. The van der Waals surface area contributed by atoms with Gasteiger partial charge in [0.15, 0.2) is 5.78 Å². The van der Waals surface area contributed by atoms with Gasteiger partial charge in [-0.25, -0.2) is 4.39 Å². The lowest BCUT2D eigenvalue weighted by molar-refractivity contribution is 0.0950. The number of carbonyl (C=O) groups is 1. The third-order valence-corrected chi connectivity index (χ3v) is 5.39. The van der Waals surface area contributed by atoms with Crippen LogP contribution < -0.4 is 0 Å². The zero-order valence-corrected chi connectivity index (χ0v) is 12.6. The van der Waals surface area contributed by atoms with E-state index >= 15 is 0 Å². The van der Waals surface area contributed by atoms with Crippen molar-refractivity contribution in [2.45, 2.75) is 25.2 Å². The molecular weight excluding hydrogens is 327 g/mol. The molecule has 1 unspecified atom stereocenters. The molecular formula is C15H12BrFOS. The van der Waals surface area contributed by atoms with E-state index < -0.39 is 0 Å². The molecule has 1 aliphatic rings. The molecule has 1 nitrogen and oxygen atoms in total. The van der Waals surface area contributed by atoms with Crippen LogP contribution in [0, 0.1) is 5.82 Å². The number of fused-ring (bicyclic) bond motifs is 1. The van der Waals surface area contributed by atoms with E-state index in [1.807, 2.05) is 11.4 Å². The number of halogens is 2. The first kappa shape index (κ1) is 13.0. The average molecular weight is 339 g/mol. The Hall–Kier alpha value is -1.00. The SMILES string of the molecule is O=C(c1cccc(F)c1Br)C1CCCc2sccc21. The van der Waals surface area contributed by atoms with Crippen molar-refractivity contribution in [2.24, 2.45) is 0 Å². The van der Waals surface area contributed by atoms with Crippen molar-refractivity contribution in [1.29, 1.82) is 0 Å². The molecule has 0 bridgehead atoms. The van der Waals surface area contributed by atoms with E-state index in [9.17, 15) is 9.18 Å². The third kappa shape index (κ3) is 2.28. The molecule has 19 heavy (non-hydrogen) atoms. The Morgan fingerprint density at radius 2 is 2.21 bits per heavy atom. The van der Waals surface area contributed by atoms with Gasteiger partial charge in [0.2, 0.25) is 0 Å². The van der Waals surface area contributed by atoms with E-state index in [0.29, 0.717) is 5.56 Å². The molecule has 1 atom stereocenters. The molecule has 0 aliphatic heterocycles. The van der Waals surface area contributed by atoms with Crippen LogP contribution in [-0.4, -0.2) is 5.78 Å². The minimum absolute atomic E-state index is 0.0192. The van der Waals surface area contributed by atoms with Crippen LogP contribution in [0.1, 0.15) is 39.6 Å². The van der Waals surface area contributed by atoms with Crippen LogP contribution >= 0.6 is 27.3 Å². The summed E-state index contributed by atoms with van der Waals surface area (Å²) in [6.45, 7) is 0. The van der Waals surface area contributed by atoms with Gasteiger partial charge in [0.1, 0.15) is 5.82 Å². The molecule has 1 aromatic carbocycles. The molecule has 4 heteroatoms. The maximum Gasteiger partial charge on any atom is 0.171 e. The molecule has 0 saturated heterocycles. The van der Waals surface area contributed by atoms with Gasteiger partial charge in [-0.05, 0) is 58.3 Å². The van der Waals surface area contributed by atoms with Crippen molar-refractivity contribution in [1.82, 2.24) is 0 Å². The maximum absolute atomic E-state index is 13.5. The molecule has 98 valence electrons. The third-order valence-electron chi connectivity index (χ3n) is 3.59. The minimum Gasteiger partial charge on any atom is -0.293 e. The van der Waals surface area contributed by atoms with Crippen molar-refractivity contribution >= 4 is 33.0 Å². The zero-order valence-electron chi connectivity index (χ0n) is 10.2. The molecule has 0 fully saturated rings. The highest BCUT2D eigenvalue weighted by Crippen LogP contribution is 2.38. The lowest BCUT2D eigenvalue weighted by Crippen LogP contribution is -2.18. The second kappa shape index (κ2) is 5.17. The lowest BCUT2D eigenvalue weighted by Gasteiger charge is -2.22. The van der Waals surface area contributed by atoms with Crippen molar-refractivity contribution in [2.75, 3.05) is 0 Å². The van der Waals surface area contributed by atoms with Crippen LogP contribution in [0.2, 0.25) is 0 Å². The van der Waals surface area contributed by atoms with Gasteiger partial charge in [-0.2, -0.15) is 0 Å². The van der Waals surface area contributed by atoms with Crippen molar-refractivity contribution in [3.8, 4) is 0 Å². The van der Waals surface area contributed by atoms with E-state index in [1.54, 1.807) is 23.5 Å². The first-order chi connectivity index (χ1) is 9.18. The second-order valence-electron chi connectivity index (χ2n) is 4.71. The number of aryl methyl sites for hydroxylation is 1. The fourth-order valence-corrected chi connectivity index (χ4v) is 4.09. The van der Waals surface area contributed by atoms with E-state index in [0.717, 1.165) is 24.8 Å². The average Bonchev–Trinajstić information content (AvgIpc) is 2.89. The van der Waals surface area contributed by atoms with Gasteiger partial charge in [0.25, 0.3) is 0 Å². The summed E-state index contributed by atoms with van der Waals surface area (Å²) >= 11 is 4.90. The lowest BCUT2D eigenvalue weighted by atomic mass is 9.82. The second-order valence-corrected chi connectivity index (χ2v) is 6.50. The summed E-state index contributed by atoms with van der Waals surface area (Å²) in [4.78, 5) is 13.9. The fourth-order valence-electron chi connectivity index (χ4n) is 2.64. The number of hydrogen-bond acceptors (Lipinski definition) is 2. The van der Waals surface area contributed by atoms with Crippen LogP contribution in [-0.2, 0) is 6.42 Å². The van der Waals surface area contributed by atoms with Crippen LogP contribution in [0.15, 0.2) is 34.1 Å². The Labute approximate surface area is 123 Å². The summed E-state index contributed by atoms with van der Waals surface area (Å²) in [5.41, 5.74) is 1.58. The molecule has 1 aromatic heterocycles. The summed E-state index contributed by atoms with van der Waals surface area (Å²) < 4.78 is 13.8. The Morgan fingerprint density at radius 1 is 1.37 bits per heavy atom. The van der Waals surface area contributed by atoms with Crippen molar-refractivity contribution in [3.05, 3.63) is 55.9 Å². The summed E-state index contributed by atoms with van der Waals surface area (Å²) in [5, 5.41) is 2.04. The maximum atomic E-state index is 13.5. The van der Waals surface area contributed by atoms with E-state index in [4.69, 9.17) is 0 Å². The van der Waals surface area contributed by atoms with Crippen LogP contribution in [0.5, 0.6) is 0 Å². The normalized spacial score (nSPS) is 18.1. The zero-order chi connectivity index (χ0) is 13.4. The van der Waals surface area contributed by atoms with Crippen LogP contribution in [0.4, 0.5) is 4.39 Å². The van der Waals surface area contributed by atoms with Crippen LogP contribution in [0.25, 0.3) is 0 Å². The smallest absolute Gasteiger partial charge is 0.171 e. The monoisotopic (exact) mass is 338 g/mol. The number of benzene rings is 1. The highest BCUT2D eigenvalue weighted by molar-refractivity contribution is 9.10. The summed E-state index contributed by atoms with van der Waals surface area (Å²) in [5.74, 6) is -0.481. The molecule has 2 aromatic rings. The van der Waals surface area contributed by atoms with Gasteiger partial charge in [0.05, 0.1) is 4.47 Å². The number of carbonyl (C=O) groups excluding carboxylic acids is 1. The largest absolute Gasteiger partial charge is 0.293 e. The van der Waals surface area contributed by atoms with Crippen LogP contribution in [0.3, 0.4) is 0 Å². The van der Waals surface area contributed by atoms with Gasteiger partial charge in [-0.3, -0.25) is 4.79 Å². The summed E-state index contributed by atoms with van der Waals surface area (Å²) in [6.07, 6.45) is 2.93. The van der Waals surface area contributed by atoms with Gasteiger partial charge >= 0.3 is 0 Å². The highest BCUT2D eigenvalue weighted by Gasteiger charge is 2.29. The first-order valence-electron chi connectivity index (χ1n) is 6.23. The molecule has 0 saturated carbocycles. The molecule has 1 aliphatic carbocycles. The molecule has 0 radical (unpaired) electrons. The van der Waals surface area contributed by atoms with E-state index in [2.05, 4.69) is 15.9 Å². The number of Topliss-reactive ketones (excluding diaryl/α,β-unsaturated/α-hetero) is 1. The Morgan fingerprint density at radius 3 is 3.05 bits per heavy atom. The summed E-state index contributed by atoms with van der Waals surface area (Å²) in [7, 11) is 0.